The van der Waals surface area contributed by atoms with Gasteiger partial charge in [-0.1, -0.05) is 7.43 Å². The second-order valence-electron chi connectivity index (χ2n) is 3.58. The van der Waals surface area contributed by atoms with E-state index in [0.29, 0.717) is 0 Å². The number of hydrogen-bond donors (Lipinski definition) is 1. The summed E-state index contributed by atoms with van der Waals surface area (Å²) in [5.41, 5.74) is 0. The van der Waals surface area contributed by atoms with Gasteiger partial charge in [0.1, 0.15) is 11.9 Å². The molecule has 2 saturated heterocycles. The monoisotopic (exact) mass is 374 g/mol. The quantitative estimate of drug-likeness (QED) is 0.471. The zero-order valence-corrected chi connectivity index (χ0v) is 12.5. The molecule has 0 aliphatic carbocycles. The van der Waals surface area contributed by atoms with Crippen LogP contribution in [0.25, 0.3) is 0 Å². The predicted molar refractivity (Wildman–Crippen MR) is 71.1 cm³/mol. The summed E-state index contributed by atoms with van der Waals surface area (Å²) in [6.45, 7) is -0.0824. The molecule has 2 aliphatic heterocycles. The van der Waals surface area contributed by atoms with Crippen molar-refractivity contribution in [3.05, 3.63) is 0 Å². The van der Waals surface area contributed by atoms with E-state index in [-0.39, 0.29) is 32.1 Å². The van der Waals surface area contributed by atoms with E-state index < -0.39 is 42.7 Å². The molecule has 13 heteroatoms. The minimum absolute atomic E-state index is 0. The van der Waals surface area contributed by atoms with E-state index in [9.17, 15) is 21.0 Å². The molecule has 1 N–H and O–H groups in total. The molecule has 3 atom stereocenters. The lowest BCUT2D eigenvalue weighted by molar-refractivity contribution is 0.157. The van der Waals surface area contributed by atoms with Gasteiger partial charge in [0.25, 0.3) is 10.1 Å². The Labute approximate surface area is 124 Å². The molecule has 122 valence electrons. The molecule has 20 heavy (non-hydrogen) atoms. The first-order chi connectivity index (χ1) is 8.57. The van der Waals surface area contributed by atoms with Crippen LogP contribution in [0.5, 0.6) is 0 Å². The molecule has 0 amide bonds. The second kappa shape index (κ2) is 7.98. The lowest BCUT2D eigenvalue weighted by atomic mass is 10.4. The molecule has 0 radical (unpaired) electrons. The summed E-state index contributed by atoms with van der Waals surface area (Å²) in [6, 6.07) is 0. The van der Waals surface area contributed by atoms with Crippen LogP contribution in [0.15, 0.2) is 0 Å². The van der Waals surface area contributed by atoms with Gasteiger partial charge in [0.05, 0.1) is 25.1 Å². The van der Waals surface area contributed by atoms with Gasteiger partial charge in [-0.25, -0.2) is 8.42 Å². The average molecular weight is 375 g/mol. The van der Waals surface area contributed by atoms with Gasteiger partial charge >= 0.3 is 11.4 Å². The minimum atomic E-state index is -3.60. The van der Waals surface area contributed by atoms with E-state index in [1.165, 1.54) is 0 Å². The molecule has 3 unspecified atom stereocenters. The highest BCUT2D eigenvalue weighted by molar-refractivity contribution is 8.13. The Morgan fingerprint density at radius 1 is 1.35 bits per heavy atom. The van der Waals surface area contributed by atoms with Gasteiger partial charge in [0.15, 0.2) is 0 Å². The van der Waals surface area contributed by atoms with Crippen LogP contribution in [0.4, 0.5) is 0 Å². The van der Waals surface area contributed by atoms with Crippen molar-refractivity contribution in [2.45, 2.75) is 19.6 Å². The largest absolute Gasteiger partial charge is 0.390 e. The molecular formula is C7H15ClO9S3. The molecule has 0 spiro atoms. The number of aliphatic hydroxyl groups excluding tert-OH is 1. The van der Waals surface area contributed by atoms with Crippen LogP contribution in [-0.4, -0.2) is 63.1 Å². The lowest BCUT2D eigenvalue weighted by Gasteiger charge is -1.99. The molecule has 2 heterocycles. The first kappa shape index (κ1) is 20.2. The van der Waals surface area contributed by atoms with Crippen LogP contribution < -0.4 is 0 Å². The molecule has 0 aromatic carbocycles. The third-order valence-corrected chi connectivity index (χ3v) is 4.98. The SMILES string of the molecule is C.O=S1(=O)CC(O)CO1.O=S1OCC(CS(=O)(=O)Cl)O1. The number of hydrogen-bond acceptors (Lipinski definition) is 9. The Balaban J connectivity index is 0.000000359. The van der Waals surface area contributed by atoms with Gasteiger partial charge in [-0.15, -0.1) is 0 Å². The maximum Gasteiger partial charge on any atom is 0.305 e. The van der Waals surface area contributed by atoms with Crippen molar-refractivity contribution < 1.29 is 38.7 Å². The van der Waals surface area contributed by atoms with Crippen molar-refractivity contribution in [2.24, 2.45) is 0 Å². The van der Waals surface area contributed by atoms with Gasteiger partial charge in [-0.2, -0.15) is 12.6 Å². The third kappa shape index (κ3) is 8.46. The van der Waals surface area contributed by atoms with E-state index in [2.05, 4.69) is 12.5 Å². The van der Waals surface area contributed by atoms with Gasteiger partial charge < -0.3 is 5.11 Å². The van der Waals surface area contributed by atoms with E-state index in [4.69, 9.17) is 15.8 Å². The second-order valence-corrected chi connectivity index (χ2v) is 8.92. The maximum absolute atomic E-state index is 10.4. The van der Waals surface area contributed by atoms with Crippen molar-refractivity contribution in [1.29, 1.82) is 0 Å². The normalized spacial score (nSPS) is 32.0. The van der Waals surface area contributed by atoms with Gasteiger partial charge in [0.2, 0.25) is 9.05 Å². The van der Waals surface area contributed by atoms with E-state index in [0.717, 1.165) is 0 Å². The third-order valence-electron chi connectivity index (χ3n) is 1.79. The Morgan fingerprint density at radius 2 is 1.95 bits per heavy atom. The van der Waals surface area contributed by atoms with E-state index in [1.807, 2.05) is 0 Å². The molecule has 0 saturated carbocycles. The Morgan fingerprint density at radius 3 is 2.20 bits per heavy atom. The summed E-state index contributed by atoms with van der Waals surface area (Å²) in [4.78, 5) is 0. The van der Waals surface area contributed by atoms with E-state index in [1.54, 1.807) is 0 Å². The summed E-state index contributed by atoms with van der Waals surface area (Å²) in [5, 5.41) is 8.56. The van der Waals surface area contributed by atoms with Crippen LogP contribution in [0.1, 0.15) is 7.43 Å². The summed E-state index contributed by atoms with van der Waals surface area (Å²) in [5.74, 6) is -0.632. The van der Waals surface area contributed by atoms with Gasteiger partial charge in [0, 0.05) is 10.7 Å². The molecule has 2 fully saturated rings. The van der Waals surface area contributed by atoms with Crippen LogP contribution >= 0.6 is 10.7 Å². The van der Waals surface area contributed by atoms with Crippen LogP contribution in [0.3, 0.4) is 0 Å². The topological polar surface area (TPSA) is 133 Å². The van der Waals surface area contributed by atoms with Gasteiger partial charge in [-0.05, 0) is 0 Å². The standard InChI is InChI=1S/C3H5ClO5S2.C3H6O4S.CH4/c4-11(6,7)2-3-1-8-10(5)9-3;4-3-1-7-8(5,6)2-3;/h3H,1-2H2;3-4H,1-2H2;1H4. The van der Waals surface area contributed by atoms with Crippen LogP contribution in [0.2, 0.25) is 0 Å². The number of aliphatic hydroxyl groups is 1. The Kier molecular flexibility index (Phi) is 8.05. The Hall–Kier alpha value is 0.180. The minimum Gasteiger partial charge on any atom is -0.390 e. The van der Waals surface area contributed by atoms with Gasteiger partial charge in [-0.3, -0.25) is 12.5 Å². The van der Waals surface area contributed by atoms with E-state index >= 15 is 0 Å². The highest BCUT2D eigenvalue weighted by Crippen LogP contribution is 2.12. The smallest absolute Gasteiger partial charge is 0.305 e. The van der Waals surface area contributed by atoms with Crippen LogP contribution in [0, 0.1) is 0 Å². The first-order valence-corrected chi connectivity index (χ1v) is 9.83. The summed E-state index contributed by atoms with van der Waals surface area (Å²) < 4.78 is 64.9. The zero-order valence-electron chi connectivity index (χ0n) is 9.30. The molecule has 0 aromatic heterocycles. The summed E-state index contributed by atoms with van der Waals surface area (Å²) in [7, 11) is -2.05. The van der Waals surface area contributed by atoms with Crippen LogP contribution in [-0.2, 0) is 43.1 Å². The highest BCUT2D eigenvalue weighted by Gasteiger charge is 2.28. The predicted octanol–water partition coefficient (Wildman–Crippen LogP) is -1.11. The van der Waals surface area contributed by atoms with Crippen molar-refractivity contribution >= 4 is 41.2 Å². The average Bonchev–Trinajstić information content (AvgIpc) is 2.71. The highest BCUT2D eigenvalue weighted by atomic mass is 35.7. The summed E-state index contributed by atoms with van der Waals surface area (Å²) in [6.07, 6.45) is -1.53. The molecular weight excluding hydrogens is 360 g/mol. The van der Waals surface area contributed by atoms with Crippen molar-refractivity contribution in [2.75, 3.05) is 24.7 Å². The Bertz CT molecular complexity index is 528. The first-order valence-electron chi connectivity index (χ1n) is 4.77. The molecule has 0 bridgehead atoms. The fraction of sp³-hybridized carbons (Fsp3) is 1.00. The summed E-state index contributed by atoms with van der Waals surface area (Å²) >= 11 is -1.81. The molecule has 2 rings (SSSR count). The van der Waals surface area contributed by atoms with Crippen molar-refractivity contribution in [1.82, 2.24) is 0 Å². The fourth-order valence-electron chi connectivity index (χ4n) is 1.11. The lowest BCUT2D eigenvalue weighted by Crippen LogP contribution is -2.19. The number of halogens is 1. The zero-order chi connectivity index (χ0) is 14.7. The van der Waals surface area contributed by atoms with Crippen molar-refractivity contribution in [3.63, 3.8) is 0 Å². The molecule has 0 aromatic rings. The van der Waals surface area contributed by atoms with Crippen molar-refractivity contribution in [3.8, 4) is 0 Å². The molecule has 9 nitrogen and oxygen atoms in total. The molecule has 2 aliphatic rings. The fourth-order valence-corrected chi connectivity index (χ4v) is 3.92. The maximum atomic E-state index is 10.4. The number of rotatable bonds is 2.